The largest absolute Gasteiger partial charge is 0.462 e. The highest BCUT2D eigenvalue weighted by Crippen LogP contribution is 2.07. The number of esters is 2. The van der Waals surface area contributed by atoms with Crippen molar-refractivity contribution in [1.29, 1.82) is 0 Å². The summed E-state index contributed by atoms with van der Waals surface area (Å²) in [6.45, 7) is 3.69. The van der Waals surface area contributed by atoms with Crippen molar-refractivity contribution in [2.75, 3.05) is 18.5 Å². The van der Waals surface area contributed by atoms with Crippen LogP contribution in [0.2, 0.25) is 0 Å². The van der Waals surface area contributed by atoms with Gasteiger partial charge in [0.05, 0.1) is 25.1 Å². The zero-order valence-corrected chi connectivity index (χ0v) is 11.2. The highest BCUT2D eigenvalue weighted by Gasteiger charge is 2.20. The number of rotatable bonds is 6. The fourth-order valence-electron chi connectivity index (χ4n) is 1.27. The quantitative estimate of drug-likeness (QED) is 0.356. The number of nitrogens with one attached hydrogen (secondary N) is 1. The van der Waals surface area contributed by atoms with E-state index in [1.807, 2.05) is 0 Å². The zero-order chi connectivity index (χ0) is 14.3. The van der Waals surface area contributed by atoms with Crippen molar-refractivity contribution in [3.05, 3.63) is 24.2 Å². The third-order valence-corrected chi connectivity index (χ3v) is 2.08. The summed E-state index contributed by atoms with van der Waals surface area (Å²) < 4.78 is 11.2. The van der Waals surface area contributed by atoms with Gasteiger partial charge >= 0.3 is 11.9 Å². The van der Waals surface area contributed by atoms with E-state index in [0.29, 0.717) is 5.69 Å². The van der Waals surface area contributed by atoms with Crippen molar-refractivity contribution >= 4 is 17.6 Å². The summed E-state index contributed by atoms with van der Waals surface area (Å²) in [5, 5.41) is 6.75. The number of carbonyl (C=O) groups excluding carboxylic acids is 2. The van der Waals surface area contributed by atoms with Crippen LogP contribution < -0.4 is 5.32 Å². The topological polar surface area (TPSA) is 82.5 Å². The number of aromatic nitrogens is 2. The first kappa shape index (κ1) is 14.7. The number of ether oxygens (including phenoxy) is 2. The second kappa shape index (κ2) is 7.20. The number of aryl methyl sites for hydroxylation is 1. The molecular weight excluding hydrogens is 250 g/mol. The summed E-state index contributed by atoms with van der Waals surface area (Å²) in [4.78, 5) is 23.3. The fourth-order valence-corrected chi connectivity index (χ4v) is 1.27. The van der Waals surface area contributed by atoms with Crippen LogP contribution in [-0.4, -0.2) is 34.9 Å². The van der Waals surface area contributed by atoms with Gasteiger partial charge in [-0.1, -0.05) is 0 Å². The highest BCUT2D eigenvalue weighted by molar-refractivity contribution is 6.14. The molecule has 0 bridgehead atoms. The van der Waals surface area contributed by atoms with E-state index in [4.69, 9.17) is 9.47 Å². The van der Waals surface area contributed by atoms with Crippen LogP contribution >= 0.6 is 0 Å². The fraction of sp³-hybridized carbons (Fsp3) is 0.417. The zero-order valence-electron chi connectivity index (χ0n) is 11.2. The predicted molar refractivity (Wildman–Crippen MR) is 68.2 cm³/mol. The molecule has 0 aliphatic heterocycles. The van der Waals surface area contributed by atoms with Gasteiger partial charge < -0.3 is 14.8 Å². The minimum absolute atomic E-state index is 0.183. The van der Waals surface area contributed by atoms with Crippen molar-refractivity contribution in [3.63, 3.8) is 0 Å². The lowest BCUT2D eigenvalue weighted by Gasteiger charge is -2.06. The van der Waals surface area contributed by atoms with Crippen molar-refractivity contribution in [3.8, 4) is 0 Å². The Balaban J connectivity index is 2.82. The van der Waals surface area contributed by atoms with Crippen molar-refractivity contribution in [1.82, 2.24) is 9.78 Å². The summed E-state index contributed by atoms with van der Waals surface area (Å²) in [5.41, 5.74) is 0.459. The molecular formula is C12H17N3O4. The third-order valence-electron chi connectivity index (χ3n) is 2.08. The molecule has 0 aromatic carbocycles. The van der Waals surface area contributed by atoms with Gasteiger partial charge in [0.1, 0.15) is 0 Å². The lowest BCUT2D eigenvalue weighted by atomic mass is 10.3. The van der Waals surface area contributed by atoms with Crippen LogP contribution in [0.5, 0.6) is 0 Å². The average molecular weight is 267 g/mol. The molecule has 0 fully saturated rings. The van der Waals surface area contributed by atoms with Gasteiger partial charge in [0.25, 0.3) is 0 Å². The Bertz CT molecular complexity index is 459. The van der Waals surface area contributed by atoms with Gasteiger partial charge in [0.15, 0.2) is 5.57 Å². The van der Waals surface area contributed by atoms with Gasteiger partial charge in [-0.2, -0.15) is 5.10 Å². The summed E-state index contributed by atoms with van der Waals surface area (Å²) in [7, 11) is 1.76. The van der Waals surface area contributed by atoms with Crippen LogP contribution in [0.15, 0.2) is 24.2 Å². The maximum absolute atomic E-state index is 11.6. The smallest absolute Gasteiger partial charge is 0.347 e. The van der Waals surface area contributed by atoms with Crippen LogP contribution in [0.4, 0.5) is 5.69 Å². The number of carbonyl (C=O) groups is 2. The molecule has 104 valence electrons. The number of hydrogen-bond donors (Lipinski definition) is 1. The van der Waals surface area contributed by atoms with Crippen molar-refractivity contribution in [2.24, 2.45) is 7.05 Å². The Kier molecular flexibility index (Phi) is 5.59. The molecule has 0 saturated carbocycles. The minimum atomic E-state index is -0.725. The van der Waals surface area contributed by atoms with E-state index in [1.54, 1.807) is 38.0 Å². The first-order valence-corrected chi connectivity index (χ1v) is 5.88. The first-order chi connectivity index (χ1) is 9.08. The molecule has 7 nitrogen and oxygen atoms in total. The molecule has 0 amide bonds. The third kappa shape index (κ3) is 4.46. The molecule has 19 heavy (non-hydrogen) atoms. The molecule has 0 aliphatic carbocycles. The molecule has 0 aliphatic rings. The molecule has 1 heterocycles. The molecule has 1 rings (SSSR count). The Morgan fingerprint density at radius 2 is 1.89 bits per heavy atom. The van der Waals surface area contributed by atoms with Gasteiger partial charge in [-0.05, 0) is 13.8 Å². The van der Waals surface area contributed by atoms with Crippen molar-refractivity contribution in [2.45, 2.75) is 13.8 Å². The predicted octanol–water partition coefficient (Wildman–Crippen LogP) is 0.842. The van der Waals surface area contributed by atoms with E-state index >= 15 is 0 Å². The molecule has 7 heteroatoms. The maximum Gasteiger partial charge on any atom is 0.347 e. The molecule has 0 saturated heterocycles. The Morgan fingerprint density at radius 3 is 2.32 bits per heavy atom. The minimum Gasteiger partial charge on any atom is -0.462 e. The lowest BCUT2D eigenvalue weighted by Crippen LogP contribution is -2.19. The highest BCUT2D eigenvalue weighted by atomic mass is 16.6. The summed E-state index contributed by atoms with van der Waals surface area (Å²) in [5.74, 6) is -1.45. The van der Waals surface area contributed by atoms with E-state index in [-0.39, 0.29) is 18.8 Å². The van der Waals surface area contributed by atoms with Gasteiger partial charge in [0.2, 0.25) is 0 Å². The molecule has 1 N–H and O–H groups in total. The van der Waals surface area contributed by atoms with Crippen LogP contribution in [0.25, 0.3) is 0 Å². The van der Waals surface area contributed by atoms with Crippen LogP contribution in [0, 0.1) is 0 Å². The summed E-state index contributed by atoms with van der Waals surface area (Å²) >= 11 is 0. The first-order valence-electron chi connectivity index (χ1n) is 5.88. The van der Waals surface area contributed by atoms with E-state index in [0.717, 1.165) is 0 Å². The van der Waals surface area contributed by atoms with Crippen LogP contribution in [0.1, 0.15) is 13.8 Å². The van der Waals surface area contributed by atoms with E-state index in [1.165, 1.54) is 6.20 Å². The normalized spacial score (nSPS) is 9.63. The summed E-state index contributed by atoms with van der Waals surface area (Å²) in [6.07, 6.45) is 4.52. The maximum atomic E-state index is 11.6. The van der Waals surface area contributed by atoms with E-state index < -0.39 is 11.9 Å². The van der Waals surface area contributed by atoms with Crippen LogP contribution in [0.3, 0.4) is 0 Å². The van der Waals surface area contributed by atoms with E-state index in [2.05, 4.69) is 10.4 Å². The second-order valence-corrected chi connectivity index (χ2v) is 3.55. The molecule has 0 atom stereocenters. The average Bonchev–Trinajstić information content (AvgIpc) is 2.76. The Labute approximate surface area is 111 Å². The van der Waals surface area contributed by atoms with Gasteiger partial charge in [-0.3, -0.25) is 4.68 Å². The van der Waals surface area contributed by atoms with Crippen LogP contribution in [-0.2, 0) is 26.1 Å². The molecule has 1 aromatic heterocycles. The van der Waals surface area contributed by atoms with Crippen molar-refractivity contribution < 1.29 is 19.1 Å². The molecule has 0 radical (unpaired) electrons. The monoisotopic (exact) mass is 267 g/mol. The lowest BCUT2D eigenvalue weighted by molar-refractivity contribution is -0.146. The Hall–Kier alpha value is -2.31. The van der Waals surface area contributed by atoms with Gasteiger partial charge in [-0.15, -0.1) is 0 Å². The summed E-state index contributed by atoms with van der Waals surface area (Å²) in [6, 6.07) is 0. The molecule has 0 spiro atoms. The SMILES string of the molecule is CCOC(=O)C(=CNc1cnn(C)c1)C(=O)OCC. The molecule has 1 aromatic rings. The van der Waals surface area contributed by atoms with E-state index in [9.17, 15) is 9.59 Å². The standard InChI is InChI=1S/C12H17N3O4/c1-4-18-11(16)10(12(17)19-5-2)7-13-9-6-14-15(3)8-9/h6-8,13H,4-5H2,1-3H3. The van der Waals surface area contributed by atoms with Gasteiger partial charge in [0, 0.05) is 19.4 Å². The Morgan fingerprint density at radius 1 is 1.32 bits per heavy atom. The molecule has 0 unspecified atom stereocenters. The number of nitrogens with zero attached hydrogens (tertiary/aromatic N) is 2. The van der Waals surface area contributed by atoms with Gasteiger partial charge in [-0.25, -0.2) is 9.59 Å². The number of hydrogen-bond acceptors (Lipinski definition) is 6. The second-order valence-electron chi connectivity index (χ2n) is 3.55. The number of anilines is 1.